The van der Waals surface area contributed by atoms with Gasteiger partial charge in [-0.1, -0.05) is 109 Å². The zero-order chi connectivity index (χ0) is 30.2. The molecule has 0 fully saturated rings. The highest BCUT2D eigenvalue weighted by Crippen LogP contribution is 2.46. The number of hydrogen-bond donors (Lipinski definition) is 0. The molecule has 0 aliphatic carbocycles. The van der Waals surface area contributed by atoms with Crippen LogP contribution in [0.4, 0.5) is 0 Å². The van der Waals surface area contributed by atoms with Crippen molar-refractivity contribution < 1.29 is 4.74 Å². The fourth-order valence-electron chi connectivity index (χ4n) is 7.45. The zero-order valence-electron chi connectivity index (χ0n) is 24.9. The predicted molar refractivity (Wildman–Crippen MR) is 194 cm³/mol. The van der Waals surface area contributed by atoms with Crippen LogP contribution in [-0.4, -0.2) is 10.6 Å². The van der Waals surface area contributed by atoms with Gasteiger partial charge in [0.15, 0.2) is 0 Å². The number of hydrogen-bond acceptors (Lipinski definition) is 2. The minimum Gasteiger partial charge on any atom is -0.458 e. The molecule has 7 aromatic carbocycles. The molecule has 0 saturated heterocycles. The Morgan fingerprint density at radius 3 is 1.87 bits per heavy atom. The van der Waals surface area contributed by atoms with Crippen LogP contribution in [0.5, 0.6) is 11.5 Å². The Kier molecular flexibility index (Phi) is 5.64. The van der Waals surface area contributed by atoms with E-state index in [2.05, 4.69) is 162 Å². The second kappa shape index (κ2) is 10.0. The summed E-state index contributed by atoms with van der Waals surface area (Å²) < 4.78 is 9.27. The van der Waals surface area contributed by atoms with Crippen molar-refractivity contribution >= 4 is 50.3 Å². The van der Waals surface area contributed by atoms with Gasteiger partial charge in [-0.15, -0.1) is 0 Å². The quantitative estimate of drug-likeness (QED) is 0.187. The number of fused-ring (bicyclic) bond motifs is 7. The SMILES string of the molecule is c1ccc(-c2ccccc2-c2cc3c4c(c2)-c2ccccc2SB4c2cc(-n4c5ccccc5c5ccccc54)ccc2O3)cc1. The fourth-order valence-corrected chi connectivity index (χ4v) is 8.84. The van der Waals surface area contributed by atoms with Crippen LogP contribution in [0.3, 0.4) is 0 Å². The summed E-state index contributed by atoms with van der Waals surface area (Å²) in [6.45, 7) is 0. The average Bonchev–Trinajstić information content (AvgIpc) is 3.46. The molecular weight excluding hydrogens is 577 g/mol. The van der Waals surface area contributed by atoms with Gasteiger partial charge in [-0.2, -0.15) is 11.6 Å². The van der Waals surface area contributed by atoms with Crippen LogP contribution in [0, 0.1) is 0 Å². The lowest BCUT2D eigenvalue weighted by Gasteiger charge is -2.33. The Labute approximate surface area is 271 Å². The predicted octanol–water partition coefficient (Wildman–Crippen LogP) is 10.1. The van der Waals surface area contributed by atoms with E-state index in [4.69, 9.17) is 4.74 Å². The van der Waals surface area contributed by atoms with Gasteiger partial charge in [-0.25, -0.2) is 0 Å². The highest BCUT2D eigenvalue weighted by atomic mass is 32.2. The van der Waals surface area contributed by atoms with Crippen molar-refractivity contribution in [2.75, 3.05) is 0 Å². The van der Waals surface area contributed by atoms with Gasteiger partial charge >= 0.3 is 0 Å². The maximum absolute atomic E-state index is 6.87. The first kappa shape index (κ1) is 25.8. The highest BCUT2D eigenvalue weighted by molar-refractivity contribution is 8.28. The molecule has 2 nitrogen and oxygen atoms in total. The van der Waals surface area contributed by atoms with E-state index in [-0.39, 0.29) is 5.99 Å². The summed E-state index contributed by atoms with van der Waals surface area (Å²) in [5.41, 5.74) is 13.4. The highest BCUT2D eigenvalue weighted by Gasteiger charge is 2.39. The number of aromatic nitrogens is 1. The van der Waals surface area contributed by atoms with E-state index in [1.54, 1.807) is 0 Å². The lowest BCUT2D eigenvalue weighted by Crippen LogP contribution is -2.46. The van der Waals surface area contributed by atoms with Gasteiger partial charge < -0.3 is 9.30 Å². The molecule has 0 amide bonds. The molecule has 214 valence electrons. The largest absolute Gasteiger partial charge is 0.458 e. The van der Waals surface area contributed by atoms with Gasteiger partial charge in [0.2, 0.25) is 0 Å². The summed E-state index contributed by atoms with van der Waals surface area (Å²) in [4.78, 5) is 1.30. The average molecular weight is 604 g/mol. The molecule has 0 atom stereocenters. The number of benzene rings is 7. The van der Waals surface area contributed by atoms with E-state index in [0.29, 0.717) is 0 Å². The third-order valence-corrected chi connectivity index (χ3v) is 10.8. The smallest absolute Gasteiger partial charge is 0.289 e. The van der Waals surface area contributed by atoms with E-state index >= 15 is 0 Å². The first-order chi connectivity index (χ1) is 22.8. The van der Waals surface area contributed by atoms with E-state index in [0.717, 1.165) is 17.2 Å². The molecule has 0 spiro atoms. The molecule has 2 aliphatic rings. The molecule has 2 aliphatic heterocycles. The summed E-state index contributed by atoms with van der Waals surface area (Å²) in [6.07, 6.45) is 0. The van der Waals surface area contributed by atoms with Crippen molar-refractivity contribution in [2.24, 2.45) is 0 Å². The summed E-state index contributed by atoms with van der Waals surface area (Å²) in [6, 6.07) is 56.9. The fraction of sp³-hybridized carbons (Fsp3) is 0. The maximum atomic E-state index is 6.87. The van der Waals surface area contributed by atoms with Crippen LogP contribution in [0.1, 0.15) is 0 Å². The Balaban J connectivity index is 1.18. The Morgan fingerprint density at radius 1 is 0.478 bits per heavy atom. The van der Waals surface area contributed by atoms with E-state index in [9.17, 15) is 0 Å². The Hall–Kier alpha value is -5.45. The van der Waals surface area contributed by atoms with Crippen LogP contribution < -0.4 is 15.7 Å². The molecule has 3 heterocycles. The number of nitrogens with zero attached hydrogens (tertiary/aromatic N) is 1. The molecule has 0 N–H and O–H groups in total. The molecule has 1 aromatic heterocycles. The molecule has 10 rings (SSSR count). The second-order valence-corrected chi connectivity index (χ2v) is 13.2. The van der Waals surface area contributed by atoms with Crippen molar-refractivity contribution in [3.8, 4) is 50.6 Å². The first-order valence-electron chi connectivity index (χ1n) is 15.7. The van der Waals surface area contributed by atoms with Crippen LogP contribution >= 0.6 is 11.6 Å². The lowest BCUT2D eigenvalue weighted by atomic mass is 9.57. The van der Waals surface area contributed by atoms with Crippen molar-refractivity contribution in [1.29, 1.82) is 0 Å². The Morgan fingerprint density at radius 2 is 1.11 bits per heavy atom. The topological polar surface area (TPSA) is 14.2 Å². The molecule has 0 unspecified atom stereocenters. The van der Waals surface area contributed by atoms with Crippen molar-refractivity contribution in [2.45, 2.75) is 4.90 Å². The van der Waals surface area contributed by atoms with Gasteiger partial charge in [0.25, 0.3) is 5.99 Å². The van der Waals surface area contributed by atoms with Crippen molar-refractivity contribution in [1.82, 2.24) is 4.57 Å². The first-order valence-corrected chi connectivity index (χ1v) is 16.6. The molecular formula is C42H26BNOS. The maximum Gasteiger partial charge on any atom is 0.289 e. The normalized spacial score (nSPS) is 12.8. The standard InChI is InChI=1S/C42H26BNOS/c1-2-12-27(13-3-1)30-14-4-5-15-31(30)28-24-35-34-18-8-11-21-41(34)46-43-36-26-29(22-23-39(36)45-40(25-28)42(35)43)44-37-19-9-6-16-32(37)33-17-7-10-20-38(33)44/h1-26H. The molecule has 8 aromatic rings. The third-order valence-electron chi connectivity index (χ3n) is 9.48. The van der Waals surface area contributed by atoms with Crippen LogP contribution in [0.15, 0.2) is 163 Å². The molecule has 46 heavy (non-hydrogen) atoms. The van der Waals surface area contributed by atoms with Gasteiger partial charge in [0, 0.05) is 21.4 Å². The zero-order valence-corrected chi connectivity index (χ0v) is 25.7. The molecule has 0 bridgehead atoms. The number of ether oxygens (including phenoxy) is 1. The minimum atomic E-state index is 0.120. The summed E-state index contributed by atoms with van der Waals surface area (Å²) in [5, 5.41) is 2.54. The number of para-hydroxylation sites is 2. The van der Waals surface area contributed by atoms with Crippen LogP contribution in [0.25, 0.3) is 60.9 Å². The lowest BCUT2D eigenvalue weighted by molar-refractivity contribution is 0.488. The van der Waals surface area contributed by atoms with Gasteiger partial charge in [0.1, 0.15) is 11.5 Å². The van der Waals surface area contributed by atoms with Crippen molar-refractivity contribution in [3.05, 3.63) is 158 Å². The third kappa shape index (κ3) is 3.80. The minimum absolute atomic E-state index is 0.120. The van der Waals surface area contributed by atoms with E-state index in [1.165, 1.54) is 71.0 Å². The summed E-state index contributed by atoms with van der Waals surface area (Å²) in [7, 11) is 0. The van der Waals surface area contributed by atoms with Crippen LogP contribution in [0.2, 0.25) is 0 Å². The van der Waals surface area contributed by atoms with Crippen LogP contribution in [-0.2, 0) is 0 Å². The van der Waals surface area contributed by atoms with E-state index in [1.807, 2.05) is 11.6 Å². The number of rotatable bonds is 3. The van der Waals surface area contributed by atoms with Crippen molar-refractivity contribution in [3.63, 3.8) is 0 Å². The molecule has 0 saturated carbocycles. The monoisotopic (exact) mass is 603 g/mol. The van der Waals surface area contributed by atoms with Gasteiger partial charge in [0.05, 0.1) is 11.0 Å². The molecule has 0 radical (unpaired) electrons. The molecule has 4 heteroatoms. The summed E-state index contributed by atoms with van der Waals surface area (Å²) >= 11 is 1.93. The second-order valence-electron chi connectivity index (χ2n) is 12.0. The van der Waals surface area contributed by atoms with Gasteiger partial charge in [-0.05, 0) is 92.8 Å². The summed E-state index contributed by atoms with van der Waals surface area (Å²) in [5.74, 6) is 1.99. The van der Waals surface area contributed by atoms with Gasteiger partial charge in [-0.3, -0.25) is 0 Å². The Bertz CT molecular complexity index is 2450. The van der Waals surface area contributed by atoms with E-state index < -0.39 is 0 Å².